The second kappa shape index (κ2) is 4.93. The summed E-state index contributed by atoms with van der Waals surface area (Å²) in [5, 5.41) is 0. The summed E-state index contributed by atoms with van der Waals surface area (Å²) < 4.78 is 0. The Labute approximate surface area is 84.7 Å². The molecule has 1 aromatic rings. The van der Waals surface area contributed by atoms with Gasteiger partial charge in [-0.25, -0.2) is 4.98 Å². The Morgan fingerprint density at radius 1 is 1.50 bits per heavy atom. The van der Waals surface area contributed by atoms with Crippen LogP contribution in [0.5, 0.6) is 0 Å². The van der Waals surface area contributed by atoms with E-state index >= 15 is 0 Å². The number of aromatic nitrogens is 1. The summed E-state index contributed by atoms with van der Waals surface area (Å²) >= 11 is 0. The van der Waals surface area contributed by atoms with Crippen molar-refractivity contribution in [3.8, 4) is 0 Å². The highest BCUT2D eigenvalue weighted by Gasteiger charge is 2.14. The fourth-order valence-electron chi connectivity index (χ4n) is 1.48. The Kier molecular flexibility index (Phi) is 3.85. The van der Waals surface area contributed by atoms with Crippen LogP contribution in [0.4, 0.5) is 5.82 Å². The first kappa shape index (κ1) is 10.9. The van der Waals surface area contributed by atoms with Gasteiger partial charge in [0.25, 0.3) is 0 Å². The number of hydrogen-bond donors (Lipinski definition) is 3. The van der Waals surface area contributed by atoms with E-state index in [9.17, 15) is 0 Å². The van der Waals surface area contributed by atoms with Crippen molar-refractivity contribution in [1.29, 1.82) is 0 Å². The highest BCUT2D eigenvalue weighted by atomic mass is 15.2. The molecule has 0 fully saturated rings. The van der Waals surface area contributed by atoms with Gasteiger partial charge in [0.15, 0.2) is 0 Å². The molecule has 1 heterocycles. The van der Waals surface area contributed by atoms with E-state index in [1.165, 1.54) is 0 Å². The van der Waals surface area contributed by atoms with Crippen LogP contribution in [0.15, 0.2) is 18.3 Å². The molecular weight excluding hydrogens is 176 g/mol. The molecule has 0 aliphatic carbocycles. The molecule has 0 aromatic carbocycles. The monoisotopic (exact) mass is 194 g/mol. The molecule has 1 unspecified atom stereocenters. The van der Waals surface area contributed by atoms with E-state index < -0.39 is 0 Å². The third kappa shape index (κ3) is 2.68. The van der Waals surface area contributed by atoms with Crippen LogP contribution in [0, 0.1) is 5.92 Å². The van der Waals surface area contributed by atoms with Crippen molar-refractivity contribution >= 4 is 5.82 Å². The molecule has 0 bridgehead atoms. The molecule has 14 heavy (non-hydrogen) atoms. The molecule has 1 rings (SSSR count). The summed E-state index contributed by atoms with van der Waals surface area (Å²) in [6.45, 7) is 4.30. The van der Waals surface area contributed by atoms with Crippen molar-refractivity contribution in [2.24, 2.45) is 11.8 Å². The third-order valence-electron chi connectivity index (χ3n) is 2.15. The molecule has 4 nitrogen and oxygen atoms in total. The fourth-order valence-corrected chi connectivity index (χ4v) is 1.48. The molecule has 4 heteroatoms. The number of nitrogens with two attached hydrogens (primary N) is 2. The predicted octanol–water partition coefficient (Wildman–Crippen LogP) is 1.21. The molecule has 0 aliphatic rings. The van der Waals surface area contributed by atoms with Crippen LogP contribution in [-0.2, 0) is 0 Å². The standard InChI is InChI=1S/C10H18N4/c1-7(2)6-9(14-12)8-4-3-5-13-10(8)11/h3-5,7,9,14H,6,12H2,1-2H3,(H2,11,13). The van der Waals surface area contributed by atoms with Gasteiger partial charge >= 0.3 is 0 Å². The summed E-state index contributed by atoms with van der Waals surface area (Å²) in [4.78, 5) is 4.04. The van der Waals surface area contributed by atoms with E-state index in [0.29, 0.717) is 11.7 Å². The molecule has 1 atom stereocenters. The largest absolute Gasteiger partial charge is 0.383 e. The lowest BCUT2D eigenvalue weighted by Crippen LogP contribution is -2.29. The number of nitrogens with zero attached hydrogens (tertiary/aromatic N) is 1. The first-order valence-electron chi connectivity index (χ1n) is 4.81. The van der Waals surface area contributed by atoms with Crippen molar-refractivity contribution in [2.75, 3.05) is 5.73 Å². The number of nitrogens with one attached hydrogen (secondary N) is 1. The van der Waals surface area contributed by atoms with Gasteiger partial charge in [-0.05, 0) is 18.4 Å². The van der Waals surface area contributed by atoms with Crippen molar-refractivity contribution < 1.29 is 0 Å². The molecule has 78 valence electrons. The predicted molar refractivity (Wildman–Crippen MR) is 58.2 cm³/mol. The second-order valence-electron chi connectivity index (χ2n) is 3.83. The van der Waals surface area contributed by atoms with E-state index in [-0.39, 0.29) is 6.04 Å². The van der Waals surface area contributed by atoms with Crippen LogP contribution in [0.2, 0.25) is 0 Å². The Bertz CT molecular complexity index is 285. The first-order chi connectivity index (χ1) is 6.65. The van der Waals surface area contributed by atoms with E-state index in [1.807, 2.05) is 12.1 Å². The number of rotatable bonds is 4. The van der Waals surface area contributed by atoms with Gasteiger partial charge in [-0.2, -0.15) is 0 Å². The highest BCUT2D eigenvalue weighted by molar-refractivity contribution is 5.40. The van der Waals surface area contributed by atoms with Gasteiger partial charge in [0.05, 0.1) is 0 Å². The van der Waals surface area contributed by atoms with Gasteiger partial charge in [-0.1, -0.05) is 19.9 Å². The highest BCUT2D eigenvalue weighted by Crippen LogP contribution is 2.23. The van der Waals surface area contributed by atoms with Crippen molar-refractivity contribution in [3.63, 3.8) is 0 Å². The molecule has 1 aromatic heterocycles. The average molecular weight is 194 g/mol. The van der Waals surface area contributed by atoms with E-state index in [1.54, 1.807) is 6.20 Å². The number of pyridine rings is 1. The van der Waals surface area contributed by atoms with Crippen molar-refractivity contribution in [3.05, 3.63) is 23.9 Å². The molecule has 0 spiro atoms. The Morgan fingerprint density at radius 2 is 2.21 bits per heavy atom. The molecule has 0 amide bonds. The Balaban J connectivity index is 2.83. The van der Waals surface area contributed by atoms with Crippen LogP contribution in [0.3, 0.4) is 0 Å². The summed E-state index contributed by atoms with van der Waals surface area (Å²) in [6.07, 6.45) is 2.63. The van der Waals surface area contributed by atoms with Gasteiger partial charge in [0.2, 0.25) is 0 Å². The molecule has 0 saturated carbocycles. The molecule has 5 N–H and O–H groups in total. The van der Waals surface area contributed by atoms with Gasteiger partial charge in [0, 0.05) is 17.8 Å². The maximum Gasteiger partial charge on any atom is 0.128 e. The van der Waals surface area contributed by atoms with Crippen LogP contribution in [0.1, 0.15) is 31.9 Å². The van der Waals surface area contributed by atoms with Gasteiger partial charge in [-0.3, -0.25) is 11.3 Å². The SMILES string of the molecule is CC(C)CC(NN)c1cccnc1N. The van der Waals surface area contributed by atoms with Gasteiger partial charge in [-0.15, -0.1) is 0 Å². The van der Waals surface area contributed by atoms with E-state index in [4.69, 9.17) is 11.6 Å². The number of nitrogen functional groups attached to an aromatic ring is 1. The zero-order valence-corrected chi connectivity index (χ0v) is 8.70. The number of hydrazine groups is 1. The van der Waals surface area contributed by atoms with Crippen LogP contribution < -0.4 is 17.0 Å². The van der Waals surface area contributed by atoms with Crippen molar-refractivity contribution in [2.45, 2.75) is 26.3 Å². The average Bonchev–Trinajstić information content (AvgIpc) is 2.15. The quantitative estimate of drug-likeness (QED) is 0.497. The topological polar surface area (TPSA) is 77.0 Å². The summed E-state index contributed by atoms with van der Waals surface area (Å²) in [7, 11) is 0. The molecule has 0 saturated heterocycles. The summed E-state index contributed by atoms with van der Waals surface area (Å²) in [5.41, 5.74) is 9.51. The zero-order chi connectivity index (χ0) is 10.6. The smallest absolute Gasteiger partial charge is 0.128 e. The lowest BCUT2D eigenvalue weighted by molar-refractivity contribution is 0.438. The normalized spacial score (nSPS) is 13.1. The van der Waals surface area contributed by atoms with Gasteiger partial charge in [0.1, 0.15) is 5.82 Å². The van der Waals surface area contributed by atoms with Gasteiger partial charge < -0.3 is 5.73 Å². The minimum Gasteiger partial charge on any atom is -0.383 e. The zero-order valence-electron chi connectivity index (χ0n) is 8.70. The Morgan fingerprint density at radius 3 is 2.71 bits per heavy atom. The molecule has 0 aliphatic heterocycles. The summed E-state index contributed by atoms with van der Waals surface area (Å²) in [5.74, 6) is 6.61. The van der Waals surface area contributed by atoms with Crippen molar-refractivity contribution in [1.82, 2.24) is 10.4 Å². The van der Waals surface area contributed by atoms with Crippen LogP contribution in [-0.4, -0.2) is 4.98 Å². The minimum atomic E-state index is 0.0868. The van der Waals surface area contributed by atoms with E-state index in [0.717, 1.165) is 12.0 Å². The fraction of sp³-hybridized carbons (Fsp3) is 0.500. The minimum absolute atomic E-state index is 0.0868. The van der Waals surface area contributed by atoms with E-state index in [2.05, 4.69) is 24.3 Å². The number of anilines is 1. The molecular formula is C10H18N4. The third-order valence-corrected chi connectivity index (χ3v) is 2.15. The number of hydrogen-bond acceptors (Lipinski definition) is 4. The lowest BCUT2D eigenvalue weighted by Gasteiger charge is -2.19. The molecule has 0 radical (unpaired) electrons. The van der Waals surface area contributed by atoms with Crippen LogP contribution in [0.25, 0.3) is 0 Å². The van der Waals surface area contributed by atoms with Crippen LogP contribution >= 0.6 is 0 Å². The first-order valence-corrected chi connectivity index (χ1v) is 4.81. The summed E-state index contributed by atoms with van der Waals surface area (Å²) in [6, 6.07) is 3.91. The maximum atomic E-state index is 5.77. The Hall–Kier alpha value is -1.13. The maximum absolute atomic E-state index is 5.77. The lowest BCUT2D eigenvalue weighted by atomic mass is 9.98. The second-order valence-corrected chi connectivity index (χ2v) is 3.83.